The van der Waals surface area contributed by atoms with Crippen LogP contribution in [0.25, 0.3) is 0 Å². The zero-order chi connectivity index (χ0) is 11.5. The zero-order valence-electron chi connectivity index (χ0n) is 10.0. The Balaban J connectivity index is 1.84. The molecule has 0 amide bonds. The molecule has 1 fully saturated rings. The molecule has 1 aromatic rings. The van der Waals surface area contributed by atoms with Crippen LogP contribution in [-0.2, 0) is 0 Å². The molecule has 1 aliphatic rings. The highest BCUT2D eigenvalue weighted by Gasteiger charge is 2.23. The van der Waals surface area contributed by atoms with Gasteiger partial charge in [0.2, 0.25) is 0 Å². The second kappa shape index (κ2) is 5.65. The lowest BCUT2D eigenvalue weighted by Crippen LogP contribution is -2.26. The molecule has 1 saturated carbocycles. The molecule has 1 aromatic heterocycles. The number of halogens is 1. The Morgan fingerprint density at radius 2 is 2.38 bits per heavy atom. The molecule has 0 radical (unpaired) electrons. The molecule has 1 aliphatic carbocycles. The Hall–Kier alpha value is 0.140. The number of nitrogens with one attached hydrogen (secondary N) is 1. The highest BCUT2D eigenvalue weighted by atomic mass is 79.9. The second-order valence-corrected chi connectivity index (χ2v) is 6.73. The molecule has 0 aliphatic heterocycles. The molecule has 1 N–H and O–H groups in total. The lowest BCUT2D eigenvalue weighted by Gasteiger charge is -2.19. The summed E-state index contributed by atoms with van der Waals surface area (Å²) in [6.07, 6.45) is 4.25. The molecule has 0 spiro atoms. The first-order chi connectivity index (χ1) is 7.68. The molecule has 0 aromatic carbocycles. The minimum Gasteiger partial charge on any atom is -0.309 e. The van der Waals surface area contributed by atoms with E-state index in [1.165, 1.54) is 35.2 Å². The fourth-order valence-electron chi connectivity index (χ4n) is 2.56. The fraction of sp³-hybridized carbons (Fsp3) is 0.692. The lowest BCUT2D eigenvalue weighted by molar-refractivity contribution is 0.376. The summed E-state index contributed by atoms with van der Waals surface area (Å²) >= 11 is 5.43. The average molecular weight is 302 g/mol. The molecule has 0 bridgehead atoms. The predicted molar refractivity (Wildman–Crippen MR) is 74.9 cm³/mol. The summed E-state index contributed by atoms with van der Waals surface area (Å²) in [5.74, 6) is 1.80. The molecule has 0 saturated heterocycles. The second-order valence-electron chi connectivity index (χ2n) is 4.93. The molecule has 3 unspecified atom stereocenters. The van der Waals surface area contributed by atoms with Gasteiger partial charge < -0.3 is 5.32 Å². The molecule has 3 heteroatoms. The first-order valence-corrected chi connectivity index (χ1v) is 7.82. The first kappa shape index (κ1) is 12.6. The minimum atomic E-state index is 0.474. The lowest BCUT2D eigenvalue weighted by atomic mass is 9.98. The molecule has 1 heterocycles. The zero-order valence-corrected chi connectivity index (χ0v) is 12.4. The molecule has 16 heavy (non-hydrogen) atoms. The van der Waals surface area contributed by atoms with Crippen molar-refractivity contribution in [3.63, 3.8) is 0 Å². The van der Waals surface area contributed by atoms with Gasteiger partial charge in [0.05, 0.1) is 0 Å². The summed E-state index contributed by atoms with van der Waals surface area (Å²) < 4.78 is 1.25. The van der Waals surface area contributed by atoms with E-state index in [1.54, 1.807) is 0 Å². The molecular formula is C13H20BrNS. The van der Waals surface area contributed by atoms with Crippen LogP contribution < -0.4 is 5.32 Å². The van der Waals surface area contributed by atoms with Crippen molar-refractivity contribution in [1.82, 2.24) is 5.32 Å². The Morgan fingerprint density at radius 1 is 1.56 bits per heavy atom. The number of rotatable bonds is 4. The van der Waals surface area contributed by atoms with Gasteiger partial charge >= 0.3 is 0 Å². The summed E-state index contributed by atoms with van der Waals surface area (Å²) in [7, 11) is 0. The van der Waals surface area contributed by atoms with Gasteiger partial charge in [-0.05, 0) is 59.1 Å². The van der Waals surface area contributed by atoms with Crippen LogP contribution in [0.3, 0.4) is 0 Å². The van der Waals surface area contributed by atoms with Crippen molar-refractivity contribution in [1.29, 1.82) is 0 Å². The van der Waals surface area contributed by atoms with Crippen LogP contribution in [-0.4, -0.2) is 6.54 Å². The SMILES string of the molecule is CC(NCC1CCCC1C)c1sccc1Br. The monoisotopic (exact) mass is 301 g/mol. The summed E-state index contributed by atoms with van der Waals surface area (Å²) in [5, 5.41) is 5.83. The van der Waals surface area contributed by atoms with E-state index >= 15 is 0 Å². The van der Waals surface area contributed by atoms with Gasteiger partial charge in [-0.3, -0.25) is 0 Å². The van der Waals surface area contributed by atoms with Crippen LogP contribution in [0.2, 0.25) is 0 Å². The van der Waals surface area contributed by atoms with Crippen molar-refractivity contribution in [2.45, 2.75) is 39.2 Å². The maximum atomic E-state index is 3.68. The third-order valence-corrected chi connectivity index (χ3v) is 5.82. The van der Waals surface area contributed by atoms with E-state index in [1.807, 2.05) is 11.3 Å². The largest absolute Gasteiger partial charge is 0.309 e. The van der Waals surface area contributed by atoms with E-state index in [0.717, 1.165) is 11.8 Å². The normalized spacial score (nSPS) is 27.2. The van der Waals surface area contributed by atoms with E-state index in [2.05, 4.69) is 46.5 Å². The van der Waals surface area contributed by atoms with Crippen LogP contribution in [0.15, 0.2) is 15.9 Å². The van der Waals surface area contributed by atoms with Crippen molar-refractivity contribution in [2.75, 3.05) is 6.54 Å². The topological polar surface area (TPSA) is 12.0 Å². The fourth-order valence-corrected chi connectivity index (χ4v) is 4.31. The molecule has 3 atom stereocenters. The van der Waals surface area contributed by atoms with Crippen molar-refractivity contribution in [3.8, 4) is 0 Å². The van der Waals surface area contributed by atoms with Crippen LogP contribution in [0.5, 0.6) is 0 Å². The van der Waals surface area contributed by atoms with Gasteiger partial charge in [0, 0.05) is 15.4 Å². The Kier molecular flexibility index (Phi) is 4.45. The van der Waals surface area contributed by atoms with Crippen molar-refractivity contribution >= 4 is 27.3 Å². The van der Waals surface area contributed by atoms with Crippen LogP contribution >= 0.6 is 27.3 Å². The van der Waals surface area contributed by atoms with E-state index in [9.17, 15) is 0 Å². The Labute approximate surface area is 111 Å². The van der Waals surface area contributed by atoms with Crippen molar-refractivity contribution < 1.29 is 0 Å². The van der Waals surface area contributed by atoms with Gasteiger partial charge in [0.15, 0.2) is 0 Å². The average Bonchev–Trinajstić information content (AvgIpc) is 2.84. The third kappa shape index (κ3) is 2.88. The summed E-state index contributed by atoms with van der Waals surface area (Å²) in [4.78, 5) is 1.42. The van der Waals surface area contributed by atoms with Gasteiger partial charge in [0.1, 0.15) is 0 Å². The van der Waals surface area contributed by atoms with Gasteiger partial charge in [-0.15, -0.1) is 11.3 Å². The maximum absolute atomic E-state index is 3.68. The number of hydrogen-bond acceptors (Lipinski definition) is 2. The summed E-state index contributed by atoms with van der Waals surface area (Å²) in [6.45, 7) is 5.83. The van der Waals surface area contributed by atoms with Crippen LogP contribution in [0.1, 0.15) is 44.0 Å². The van der Waals surface area contributed by atoms with E-state index < -0.39 is 0 Å². The Bertz CT molecular complexity index is 336. The van der Waals surface area contributed by atoms with Gasteiger partial charge in [0.25, 0.3) is 0 Å². The summed E-state index contributed by atoms with van der Waals surface area (Å²) in [5.41, 5.74) is 0. The third-order valence-electron chi connectivity index (χ3n) is 3.76. The standard InChI is InChI=1S/C13H20BrNS/c1-9-4-3-5-11(9)8-15-10(2)13-12(14)6-7-16-13/h6-7,9-11,15H,3-5,8H2,1-2H3. The van der Waals surface area contributed by atoms with Crippen molar-refractivity contribution in [2.24, 2.45) is 11.8 Å². The molecule has 90 valence electrons. The quantitative estimate of drug-likeness (QED) is 0.857. The van der Waals surface area contributed by atoms with E-state index in [-0.39, 0.29) is 0 Å². The molecular weight excluding hydrogens is 282 g/mol. The predicted octanol–water partition coefficient (Wildman–Crippen LogP) is 4.60. The molecule has 2 rings (SSSR count). The smallest absolute Gasteiger partial charge is 0.0397 e. The van der Waals surface area contributed by atoms with E-state index in [0.29, 0.717) is 6.04 Å². The Morgan fingerprint density at radius 3 is 2.94 bits per heavy atom. The molecule has 1 nitrogen and oxygen atoms in total. The van der Waals surface area contributed by atoms with Crippen LogP contribution in [0, 0.1) is 11.8 Å². The summed E-state index contributed by atoms with van der Waals surface area (Å²) in [6, 6.07) is 2.61. The highest BCUT2D eigenvalue weighted by molar-refractivity contribution is 9.10. The number of hydrogen-bond donors (Lipinski definition) is 1. The van der Waals surface area contributed by atoms with E-state index in [4.69, 9.17) is 0 Å². The maximum Gasteiger partial charge on any atom is 0.0397 e. The van der Waals surface area contributed by atoms with Crippen molar-refractivity contribution in [3.05, 3.63) is 20.8 Å². The van der Waals surface area contributed by atoms with Gasteiger partial charge in [-0.25, -0.2) is 0 Å². The van der Waals surface area contributed by atoms with Gasteiger partial charge in [-0.1, -0.05) is 19.8 Å². The highest BCUT2D eigenvalue weighted by Crippen LogP contribution is 2.32. The first-order valence-electron chi connectivity index (χ1n) is 6.14. The van der Waals surface area contributed by atoms with Gasteiger partial charge in [-0.2, -0.15) is 0 Å². The number of thiophene rings is 1. The van der Waals surface area contributed by atoms with Crippen LogP contribution in [0.4, 0.5) is 0 Å². The minimum absolute atomic E-state index is 0.474.